The van der Waals surface area contributed by atoms with Gasteiger partial charge < -0.3 is 26.6 Å². The summed E-state index contributed by atoms with van der Waals surface area (Å²) < 4.78 is 1.20. The zero-order valence-electron chi connectivity index (χ0n) is 11.5. The Kier molecular flexibility index (Phi) is 12.0. The van der Waals surface area contributed by atoms with Gasteiger partial charge in [0.25, 0.3) is 0 Å². The molecule has 0 saturated carbocycles. The molecule has 3 heteroatoms. The molecule has 0 aliphatic rings. The zero-order valence-corrected chi connectivity index (χ0v) is 13.1. The molecule has 0 aliphatic carbocycles. The van der Waals surface area contributed by atoms with Crippen LogP contribution in [0.15, 0.2) is 30.3 Å². The van der Waals surface area contributed by atoms with Gasteiger partial charge in [-0.05, 0) is 20.8 Å². The lowest BCUT2D eigenvalue weighted by Gasteiger charge is -2.35. The van der Waals surface area contributed by atoms with E-state index in [1.165, 1.54) is 36.2 Å². The van der Waals surface area contributed by atoms with Crippen molar-refractivity contribution in [2.45, 2.75) is 27.3 Å². The Bertz CT molecular complexity index is 252. The van der Waals surface area contributed by atoms with Crippen LogP contribution in [0.25, 0.3) is 0 Å². The Morgan fingerprint density at radius 2 is 1.29 bits per heavy atom. The summed E-state index contributed by atoms with van der Waals surface area (Å²) in [4.78, 5) is 0. The molecule has 0 aliphatic heterocycles. The van der Waals surface area contributed by atoms with Crippen LogP contribution >= 0.6 is 0 Å². The molecule has 100 valence electrons. The fraction of sp³-hybridized carbons (Fsp3) is 0.571. The van der Waals surface area contributed by atoms with Crippen molar-refractivity contribution >= 4 is 0 Å². The van der Waals surface area contributed by atoms with E-state index >= 15 is 0 Å². The molecule has 0 amide bonds. The van der Waals surface area contributed by atoms with E-state index in [4.69, 9.17) is 5.11 Å². The van der Waals surface area contributed by atoms with Crippen LogP contribution in [0.2, 0.25) is 0 Å². The van der Waals surface area contributed by atoms with E-state index in [2.05, 4.69) is 51.1 Å². The summed E-state index contributed by atoms with van der Waals surface area (Å²) in [5.41, 5.74) is 1.46. The largest absolute Gasteiger partial charge is 1.00 e. The molecule has 0 heterocycles. The van der Waals surface area contributed by atoms with Gasteiger partial charge in [-0.15, -0.1) is 0 Å². The average molecular weight is 304 g/mol. The summed E-state index contributed by atoms with van der Waals surface area (Å²) >= 11 is 0. The van der Waals surface area contributed by atoms with Crippen molar-refractivity contribution in [1.29, 1.82) is 0 Å². The summed E-state index contributed by atoms with van der Waals surface area (Å²) in [5.74, 6) is 0. The maximum absolute atomic E-state index is 7.00. The van der Waals surface area contributed by atoms with Gasteiger partial charge in [-0.25, -0.2) is 0 Å². The molecule has 0 unspecified atom stereocenters. The quantitative estimate of drug-likeness (QED) is 0.739. The van der Waals surface area contributed by atoms with Crippen molar-refractivity contribution < 1.29 is 26.6 Å². The van der Waals surface area contributed by atoms with Crippen LogP contribution in [0.4, 0.5) is 0 Å². The lowest BCUT2D eigenvalue weighted by Crippen LogP contribution is -3.00. The molecule has 0 atom stereocenters. The minimum Gasteiger partial charge on any atom is -1.00 e. The van der Waals surface area contributed by atoms with Gasteiger partial charge >= 0.3 is 0 Å². The molecule has 0 aromatic heterocycles. The van der Waals surface area contributed by atoms with E-state index in [0.717, 1.165) is 7.11 Å². The second kappa shape index (κ2) is 10.8. The number of aliphatic hydroxyl groups is 1. The highest BCUT2D eigenvalue weighted by Crippen LogP contribution is 2.13. The van der Waals surface area contributed by atoms with Crippen LogP contribution < -0.4 is 17.0 Å². The number of hydrogen-bond donors (Lipinski definition) is 1. The number of aliphatic hydroxyl groups excluding tert-OH is 1. The minimum atomic E-state index is 0. The molecule has 0 spiro atoms. The average Bonchev–Trinajstić information content (AvgIpc) is 2.40. The molecule has 0 radical (unpaired) electrons. The third kappa shape index (κ3) is 6.20. The topological polar surface area (TPSA) is 20.2 Å². The van der Waals surface area contributed by atoms with Crippen LogP contribution in [-0.4, -0.2) is 36.3 Å². The highest BCUT2D eigenvalue weighted by atomic mass is 79.9. The van der Waals surface area contributed by atoms with Gasteiger partial charge in [0.1, 0.15) is 6.54 Å². The van der Waals surface area contributed by atoms with Crippen LogP contribution in [0, 0.1) is 0 Å². The number of halogens is 1. The predicted molar refractivity (Wildman–Crippen MR) is 70.2 cm³/mol. The zero-order chi connectivity index (χ0) is 12.4. The first-order valence-corrected chi connectivity index (χ1v) is 6.10. The Hall–Kier alpha value is -0.380. The van der Waals surface area contributed by atoms with Crippen molar-refractivity contribution in [2.75, 3.05) is 26.7 Å². The van der Waals surface area contributed by atoms with Gasteiger partial charge in [-0.2, -0.15) is 0 Å². The van der Waals surface area contributed by atoms with Crippen LogP contribution in [-0.2, 0) is 6.54 Å². The van der Waals surface area contributed by atoms with Crippen molar-refractivity contribution in [3.8, 4) is 0 Å². The summed E-state index contributed by atoms with van der Waals surface area (Å²) in [6.07, 6.45) is 0. The third-order valence-corrected chi connectivity index (χ3v) is 3.37. The molecule has 2 nitrogen and oxygen atoms in total. The summed E-state index contributed by atoms with van der Waals surface area (Å²) in [6.45, 7) is 11.7. The lowest BCUT2D eigenvalue weighted by atomic mass is 10.2. The van der Waals surface area contributed by atoms with E-state index < -0.39 is 0 Å². The monoisotopic (exact) mass is 303 g/mol. The first-order valence-electron chi connectivity index (χ1n) is 6.10. The SMILES string of the molecule is CC[N+](CC)(CC)Cc1ccccc1.CO.[Br-]. The number of benzene rings is 1. The second-order valence-corrected chi connectivity index (χ2v) is 3.93. The smallest absolute Gasteiger partial charge is 0.104 e. The minimum absolute atomic E-state index is 0. The van der Waals surface area contributed by atoms with Crippen molar-refractivity contribution in [3.05, 3.63) is 35.9 Å². The van der Waals surface area contributed by atoms with Crippen molar-refractivity contribution in [3.63, 3.8) is 0 Å². The van der Waals surface area contributed by atoms with E-state index in [-0.39, 0.29) is 17.0 Å². The molecular formula is C14H26BrNO. The molecule has 1 aromatic rings. The second-order valence-electron chi connectivity index (χ2n) is 3.93. The van der Waals surface area contributed by atoms with E-state index in [1.54, 1.807) is 0 Å². The fourth-order valence-corrected chi connectivity index (χ4v) is 1.98. The van der Waals surface area contributed by atoms with E-state index in [1.807, 2.05) is 0 Å². The van der Waals surface area contributed by atoms with Gasteiger partial charge in [-0.1, -0.05) is 30.3 Å². The van der Waals surface area contributed by atoms with Gasteiger partial charge in [0.05, 0.1) is 19.6 Å². The van der Waals surface area contributed by atoms with Crippen LogP contribution in [0.3, 0.4) is 0 Å². The van der Waals surface area contributed by atoms with Gasteiger partial charge in [0, 0.05) is 12.7 Å². The van der Waals surface area contributed by atoms with Gasteiger partial charge in [0.2, 0.25) is 0 Å². The normalized spacial score (nSPS) is 9.94. The highest BCUT2D eigenvalue weighted by Gasteiger charge is 2.20. The van der Waals surface area contributed by atoms with Crippen molar-refractivity contribution in [2.24, 2.45) is 0 Å². The van der Waals surface area contributed by atoms with Gasteiger partial charge in [0.15, 0.2) is 0 Å². The summed E-state index contributed by atoms with van der Waals surface area (Å²) in [6, 6.07) is 10.8. The molecule has 1 rings (SSSR count). The molecule has 0 bridgehead atoms. The number of hydrogen-bond acceptors (Lipinski definition) is 1. The Morgan fingerprint density at radius 1 is 0.882 bits per heavy atom. The van der Waals surface area contributed by atoms with E-state index in [0.29, 0.717) is 0 Å². The molecule has 1 aromatic carbocycles. The molecule has 0 saturated heterocycles. The molecule has 17 heavy (non-hydrogen) atoms. The fourth-order valence-electron chi connectivity index (χ4n) is 1.98. The van der Waals surface area contributed by atoms with Crippen LogP contribution in [0.5, 0.6) is 0 Å². The number of nitrogens with zero attached hydrogens (tertiary/aromatic N) is 1. The first-order chi connectivity index (χ1) is 7.76. The Balaban J connectivity index is 0. The number of rotatable bonds is 5. The molecule has 1 N–H and O–H groups in total. The first kappa shape index (κ1) is 19.0. The van der Waals surface area contributed by atoms with Crippen molar-refractivity contribution in [1.82, 2.24) is 0 Å². The third-order valence-electron chi connectivity index (χ3n) is 3.37. The number of quaternary nitrogens is 1. The standard InChI is InChI=1S/C13H22N.CH4O.BrH/c1-4-14(5-2,6-3)12-13-10-8-7-9-11-13;1-2;/h7-11H,4-6,12H2,1-3H3;2H,1H3;1H/q+1;;/p-1. The van der Waals surface area contributed by atoms with E-state index in [9.17, 15) is 0 Å². The predicted octanol–water partition coefficient (Wildman–Crippen LogP) is -0.324. The summed E-state index contributed by atoms with van der Waals surface area (Å²) in [7, 11) is 1.00. The molecular weight excluding hydrogens is 278 g/mol. The van der Waals surface area contributed by atoms with Gasteiger partial charge in [-0.3, -0.25) is 0 Å². The maximum Gasteiger partial charge on any atom is 0.104 e. The maximum atomic E-state index is 7.00. The molecule has 0 fully saturated rings. The Morgan fingerprint density at radius 3 is 1.65 bits per heavy atom. The summed E-state index contributed by atoms with van der Waals surface area (Å²) in [5, 5.41) is 7.00. The highest BCUT2D eigenvalue weighted by molar-refractivity contribution is 5.13. The van der Waals surface area contributed by atoms with Crippen LogP contribution in [0.1, 0.15) is 26.3 Å². The lowest BCUT2D eigenvalue weighted by molar-refractivity contribution is -0.936. The Labute approximate surface area is 117 Å².